The third-order valence-electron chi connectivity index (χ3n) is 2.69. The lowest BCUT2D eigenvalue weighted by atomic mass is 9.82. The Balaban J connectivity index is 2.84. The monoisotopic (exact) mass is 214 g/mol. The standard InChI is InChI=1S/C9H14N2O4/c1-5(2)9(4-3-6(12)13)7(14)10-8(15)11-9/h5H,3-4H2,1-2H3,(H,12,13)(H2,10,11,14,15). The number of hydrogen-bond donors (Lipinski definition) is 3. The minimum Gasteiger partial charge on any atom is -0.481 e. The maximum Gasteiger partial charge on any atom is 0.322 e. The molecule has 3 N–H and O–H groups in total. The molecule has 0 radical (unpaired) electrons. The summed E-state index contributed by atoms with van der Waals surface area (Å²) in [6.07, 6.45) is -0.0382. The van der Waals surface area contributed by atoms with Crippen LogP contribution in [0.1, 0.15) is 26.7 Å². The first-order chi connectivity index (χ1) is 6.88. The predicted molar refractivity (Wildman–Crippen MR) is 51.1 cm³/mol. The van der Waals surface area contributed by atoms with Crippen LogP contribution in [0.15, 0.2) is 0 Å². The van der Waals surface area contributed by atoms with Crippen molar-refractivity contribution in [1.29, 1.82) is 0 Å². The Labute approximate surface area is 87.0 Å². The van der Waals surface area contributed by atoms with E-state index >= 15 is 0 Å². The quantitative estimate of drug-likeness (QED) is 0.578. The second kappa shape index (κ2) is 3.88. The molecule has 84 valence electrons. The van der Waals surface area contributed by atoms with Gasteiger partial charge < -0.3 is 10.4 Å². The Hall–Kier alpha value is -1.59. The number of hydrogen-bond acceptors (Lipinski definition) is 3. The van der Waals surface area contributed by atoms with E-state index in [4.69, 9.17) is 5.11 Å². The smallest absolute Gasteiger partial charge is 0.322 e. The number of amides is 3. The molecule has 0 saturated carbocycles. The molecule has 6 heteroatoms. The lowest BCUT2D eigenvalue weighted by Gasteiger charge is -2.29. The molecule has 6 nitrogen and oxygen atoms in total. The molecular weight excluding hydrogens is 200 g/mol. The van der Waals surface area contributed by atoms with Crippen LogP contribution in [0.3, 0.4) is 0 Å². The number of rotatable bonds is 4. The van der Waals surface area contributed by atoms with E-state index in [1.165, 1.54) is 0 Å². The summed E-state index contributed by atoms with van der Waals surface area (Å²) in [6, 6.07) is -0.556. The Kier molecular flexibility index (Phi) is 2.97. The minimum absolute atomic E-state index is 0.109. The average molecular weight is 214 g/mol. The van der Waals surface area contributed by atoms with E-state index < -0.39 is 23.4 Å². The van der Waals surface area contributed by atoms with Gasteiger partial charge in [0.05, 0.1) is 0 Å². The Morgan fingerprint density at radius 3 is 2.40 bits per heavy atom. The maximum absolute atomic E-state index is 11.6. The van der Waals surface area contributed by atoms with Gasteiger partial charge in [-0.1, -0.05) is 13.8 Å². The summed E-state index contributed by atoms with van der Waals surface area (Å²) in [7, 11) is 0. The summed E-state index contributed by atoms with van der Waals surface area (Å²) < 4.78 is 0. The SMILES string of the molecule is CC(C)C1(CCC(=O)O)NC(=O)NC1=O. The van der Waals surface area contributed by atoms with Crippen molar-refractivity contribution in [1.82, 2.24) is 10.6 Å². The van der Waals surface area contributed by atoms with Gasteiger partial charge in [0, 0.05) is 6.42 Å². The lowest BCUT2D eigenvalue weighted by Crippen LogP contribution is -2.51. The van der Waals surface area contributed by atoms with Gasteiger partial charge in [0.25, 0.3) is 5.91 Å². The fourth-order valence-electron chi connectivity index (χ4n) is 1.68. The molecule has 0 aromatic carbocycles. The molecule has 1 aliphatic heterocycles. The van der Waals surface area contributed by atoms with E-state index in [1.807, 2.05) is 0 Å². The van der Waals surface area contributed by atoms with Crippen molar-refractivity contribution in [3.05, 3.63) is 0 Å². The summed E-state index contributed by atoms with van der Waals surface area (Å²) >= 11 is 0. The number of carboxylic acid groups (broad SMARTS) is 1. The van der Waals surface area contributed by atoms with Crippen molar-refractivity contribution in [2.24, 2.45) is 5.92 Å². The van der Waals surface area contributed by atoms with E-state index in [-0.39, 0.29) is 18.8 Å². The van der Waals surface area contributed by atoms with Gasteiger partial charge in [0.15, 0.2) is 0 Å². The van der Waals surface area contributed by atoms with Gasteiger partial charge in [-0.25, -0.2) is 4.79 Å². The molecule has 0 bridgehead atoms. The van der Waals surface area contributed by atoms with Crippen LogP contribution in [-0.2, 0) is 9.59 Å². The van der Waals surface area contributed by atoms with Gasteiger partial charge in [-0.15, -0.1) is 0 Å². The summed E-state index contributed by atoms with van der Waals surface area (Å²) in [4.78, 5) is 33.1. The van der Waals surface area contributed by atoms with Crippen LogP contribution in [0.2, 0.25) is 0 Å². The summed E-state index contributed by atoms with van der Waals surface area (Å²) in [5.41, 5.74) is -1.07. The van der Waals surface area contributed by atoms with Crippen LogP contribution in [0.4, 0.5) is 4.79 Å². The van der Waals surface area contributed by atoms with E-state index in [2.05, 4.69) is 10.6 Å². The highest BCUT2D eigenvalue weighted by atomic mass is 16.4. The molecule has 0 aromatic heterocycles. The van der Waals surface area contributed by atoms with Crippen molar-refractivity contribution in [3.8, 4) is 0 Å². The Bertz CT molecular complexity index is 313. The third kappa shape index (κ3) is 2.08. The van der Waals surface area contributed by atoms with Gasteiger partial charge in [0.1, 0.15) is 5.54 Å². The third-order valence-corrected chi connectivity index (χ3v) is 2.69. The first-order valence-corrected chi connectivity index (χ1v) is 4.74. The number of urea groups is 1. The van der Waals surface area contributed by atoms with Crippen LogP contribution in [0.5, 0.6) is 0 Å². The largest absolute Gasteiger partial charge is 0.481 e. The second-order valence-electron chi connectivity index (χ2n) is 3.93. The Morgan fingerprint density at radius 2 is 2.07 bits per heavy atom. The van der Waals surface area contributed by atoms with Crippen molar-refractivity contribution in [2.75, 3.05) is 0 Å². The van der Waals surface area contributed by atoms with Crippen LogP contribution < -0.4 is 10.6 Å². The predicted octanol–water partition coefficient (Wildman–Crippen LogP) is 0.0854. The number of carbonyl (C=O) groups is 3. The summed E-state index contributed by atoms with van der Waals surface area (Å²) in [5, 5.41) is 13.2. The number of aliphatic carboxylic acids is 1. The van der Waals surface area contributed by atoms with Gasteiger partial charge in [0.2, 0.25) is 0 Å². The molecule has 0 aliphatic carbocycles. The molecule has 1 rings (SSSR count). The van der Waals surface area contributed by atoms with E-state index in [0.717, 1.165) is 0 Å². The van der Waals surface area contributed by atoms with Crippen LogP contribution in [-0.4, -0.2) is 28.6 Å². The zero-order chi connectivity index (χ0) is 11.6. The molecular formula is C9H14N2O4. The minimum atomic E-state index is -1.07. The fraction of sp³-hybridized carbons (Fsp3) is 0.667. The molecule has 1 heterocycles. The Morgan fingerprint density at radius 1 is 1.47 bits per heavy atom. The van der Waals surface area contributed by atoms with Crippen molar-refractivity contribution in [3.63, 3.8) is 0 Å². The van der Waals surface area contributed by atoms with Gasteiger partial charge in [-0.3, -0.25) is 14.9 Å². The zero-order valence-corrected chi connectivity index (χ0v) is 8.66. The highest BCUT2D eigenvalue weighted by Gasteiger charge is 2.48. The molecule has 1 saturated heterocycles. The van der Waals surface area contributed by atoms with Crippen molar-refractivity contribution in [2.45, 2.75) is 32.2 Å². The van der Waals surface area contributed by atoms with E-state index in [9.17, 15) is 14.4 Å². The number of imide groups is 1. The van der Waals surface area contributed by atoms with Crippen molar-refractivity contribution >= 4 is 17.9 Å². The summed E-state index contributed by atoms with van der Waals surface area (Å²) in [6.45, 7) is 3.54. The molecule has 1 atom stereocenters. The maximum atomic E-state index is 11.6. The molecule has 0 spiro atoms. The highest BCUT2D eigenvalue weighted by Crippen LogP contribution is 2.26. The van der Waals surface area contributed by atoms with Crippen LogP contribution >= 0.6 is 0 Å². The van der Waals surface area contributed by atoms with Gasteiger partial charge >= 0.3 is 12.0 Å². The van der Waals surface area contributed by atoms with Crippen molar-refractivity contribution < 1.29 is 19.5 Å². The molecule has 3 amide bonds. The average Bonchev–Trinajstić information content (AvgIpc) is 2.38. The highest BCUT2D eigenvalue weighted by molar-refractivity contribution is 6.07. The van der Waals surface area contributed by atoms with E-state index in [1.54, 1.807) is 13.8 Å². The second-order valence-corrected chi connectivity index (χ2v) is 3.93. The van der Waals surface area contributed by atoms with Crippen LogP contribution in [0, 0.1) is 5.92 Å². The van der Waals surface area contributed by atoms with E-state index in [0.29, 0.717) is 0 Å². The summed E-state index contributed by atoms with van der Waals surface area (Å²) in [5.74, 6) is -1.57. The fourth-order valence-corrected chi connectivity index (χ4v) is 1.68. The molecule has 1 fully saturated rings. The first-order valence-electron chi connectivity index (χ1n) is 4.74. The first kappa shape index (κ1) is 11.5. The van der Waals surface area contributed by atoms with Crippen LogP contribution in [0.25, 0.3) is 0 Å². The topological polar surface area (TPSA) is 95.5 Å². The number of carboxylic acids is 1. The van der Waals surface area contributed by atoms with Gasteiger partial charge in [-0.2, -0.15) is 0 Å². The molecule has 0 aromatic rings. The molecule has 1 unspecified atom stereocenters. The molecule has 15 heavy (non-hydrogen) atoms. The lowest BCUT2D eigenvalue weighted by molar-refractivity contribution is -0.138. The number of carbonyl (C=O) groups excluding carboxylic acids is 2. The molecule has 1 aliphatic rings. The normalized spacial score (nSPS) is 25.3. The zero-order valence-electron chi connectivity index (χ0n) is 8.66. The number of nitrogens with one attached hydrogen (secondary N) is 2. The van der Waals surface area contributed by atoms with Gasteiger partial charge in [-0.05, 0) is 12.3 Å².